The van der Waals surface area contributed by atoms with Crippen LogP contribution >= 0.6 is 0 Å². The quantitative estimate of drug-likeness (QED) is 0.751. The van der Waals surface area contributed by atoms with Gasteiger partial charge in [0.2, 0.25) is 5.91 Å². The van der Waals surface area contributed by atoms with E-state index in [1.807, 2.05) is 30.3 Å². The summed E-state index contributed by atoms with van der Waals surface area (Å²) in [4.78, 5) is 27.3. The van der Waals surface area contributed by atoms with Gasteiger partial charge in [0, 0.05) is 39.6 Å². The Labute approximate surface area is 162 Å². The summed E-state index contributed by atoms with van der Waals surface area (Å²) >= 11 is 0. The maximum absolute atomic E-state index is 13.7. The molecule has 2 aromatic carbocycles. The predicted octanol–water partition coefficient (Wildman–Crippen LogP) is 2.04. The van der Waals surface area contributed by atoms with Crippen LogP contribution in [0.5, 0.6) is 0 Å². The minimum atomic E-state index is -0.308. The van der Waals surface area contributed by atoms with Gasteiger partial charge in [-0.15, -0.1) is 0 Å². The molecule has 0 radical (unpaired) electrons. The first-order valence-electron chi connectivity index (χ1n) is 9.46. The molecule has 6 nitrogen and oxygen atoms in total. The van der Waals surface area contributed by atoms with Crippen molar-refractivity contribution < 1.29 is 9.18 Å². The molecule has 28 heavy (non-hydrogen) atoms. The molecule has 0 unspecified atom stereocenters. The van der Waals surface area contributed by atoms with Gasteiger partial charge in [0.05, 0.1) is 17.1 Å². The molecule has 1 fully saturated rings. The molecule has 4 rings (SSSR count). The van der Waals surface area contributed by atoms with Crippen LogP contribution in [-0.4, -0.2) is 39.6 Å². The number of para-hydroxylation sites is 2. The number of halogens is 1. The van der Waals surface area contributed by atoms with Crippen LogP contribution in [0.1, 0.15) is 18.0 Å². The number of hydrogen-bond donors (Lipinski definition) is 1. The van der Waals surface area contributed by atoms with Crippen LogP contribution in [0.4, 0.5) is 4.39 Å². The smallest absolute Gasteiger partial charge is 0.328 e. The van der Waals surface area contributed by atoms with E-state index < -0.39 is 0 Å². The summed E-state index contributed by atoms with van der Waals surface area (Å²) in [6.07, 6.45) is 0.222. The highest BCUT2D eigenvalue weighted by Crippen LogP contribution is 2.24. The normalized spacial score (nSPS) is 17.2. The van der Waals surface area contributed by atoms with Gasteiger partial charge in [-0.05, 0) is 29.8 Å². The number of piperazine rings is 1. The Morgan fingerprint density at radius 1 is 1.18 bits per heavy atom. The van der Waals surface area contributed by atoms with Crippen molar-refractivity contribution in [2.24, 2.45) is 7.05 Å². The molecule has 2 heterocycles. The van der Waals surface area contributed by atoms with E-state index in [-0.39, 0.29) is 29.9 Å². The summed E-state index contributed by atoms with van der Waals surface area (Å²) in [5.74, 6) is -0.339. The summed E-state index contributed by atoms with van der Waals surface area (Å²) in [5.41, 5.74) is 2.32. The average molecular weight is 382 g/mol. The number of imidazole rings is 1. The Balaban J connectivity index is 1.55. The summed E-state index contributed by atoms with van der Waals surface area (Å²) in [7, 11) is 1.74. The molecule has 0 aliphatic carbocycles. The molecule has 0 spiro atoms. The number of hydrogen-bond acceptors (Lipinski definition) is 3. The van der Waals surface area contributed by atoms with Crippen molar-refractivity contribution in [2.45, 2.75) is 19.0 Å². The summed E-state index contributed by atoms with van der Waals surface area (Å²) < 4.78 is 16.9. The van der Waals surface area contributed by atoms with E-state index in [0.717, 1.165) is 16.6 Å². The maximum Gasteiger partial charge on any atom is 0.328 e. The van der Waals surface area contributed by atoms with Crippen molar-refractivity contribution >= 4 is 16.9 Å². The van der Waals surface area contributed by atoms with Crippen LogP contribution in [0, 0.1) is 5.82 Å². The molecule has 1 aliphatic heterocycles. The van der Waals surface area contributed by atoms with Gasteiger partial charge in [-0.25, -0.2) is 9.18 Å². The average Bonchev–Trinajstić information content (AvgIpc) is 2.96. The highest BCUT2D eigenvalue weighted by Gasteiger charge is 2.28. The zero-order valence-electron chi connectivity index (χ0n) is 15.8. The second kappa shape index (κ2) is 7.59. The number of aromatic nitrogens is 2. The maximum atomic E-state index is 13.7. The van der Waals surface area contributed by atoms with Crippen molar-refractivity contribution in [3.63, 3.8) is 0 Å². The standard InChI is InChI=1S/C21H23FN4O2/c1-24-17-7-2-3-8-18(17)26(21(24)28)11-9-20(27)25-12-10-23-14-19(25)15-5-4-6-16(22)13-15/h2-8,13,19,23H,9-12,14H2,1H3/t19-/m0/s1. The predicted molar refractivity (Wildman–Crippen MR) is 106 cm³/mol. The van der Waals surface area contributed by atoms with Crippen LogP contribution in [-0.2, 0) is 18.4 Å². The van der Waals surface area contributed by atoms with Crippen LogP contribution in [0.15, 0.2) is 53.3 Å². The molecule has 1 aromatic heterocycles. The van der Waals surface area contributed by atoms with E-state index >= 15 is 0 Å². The van der Waals surface area contributed by atoms with Gasteiger partial charge >= 0.3 is 5.69 Å². The topological polar surface area (TPSA) is 59.3 Å². The molecule has 3 aromatic rings. The van der Waals surface area contributed by atoms with E-state index in [0.29, 0.717) is 26.2 Å². The van der Waals surface area contributed by atoms with Gasteiger partial charge in [-0.1, -0.05) is 24.3 Å². The molecule has 1 aliphatic rings. The number of amides is 1. The van der Waals surface area contributed by atoms with Gasteiger partial charge in [0.25, 0.3) is 0 Å². The second-order valence-electron chi connectivity index (χ2n) is 7.09. The SMILES string of the molecule is Cn1c(=O)n(CCC(=O)N2CCNC[C@H]2c2cccc(F)c2)c2ccccc21. The van der Waals surface area contributed by atoms with Gasteiger partial charge < -0.3 is 10.2 Å². The number of carbonyl (C=O) groups excluding carboxylic acids is 1. The fourth-order valence-corrected chi connectivity index (χ4v) is 3.94. The minimum absolute atomic E-state index is 0.0319. The molecule has 146 valence electrons. The summed E-state index contributed by atoms with van der Waals surface area (Å²) in [6.45, 7) is 2.17. The third-order valence-electron chi connectivity index (χ3n) is 5.40. The number of carbonyl (C=O) groups is 1. The van der Waals surface area contributed by atoms with Gasteiger partial charge in [-0.2, -0.15) is 0 Å². The van der Waals surface area contributed by atoms with Crippen LogP contribution in [0.3, 0.4) is 0 Å². The highest BCUT2D eigenvalue weighted by atomic mass is 19.1. The number of aryl methyl sites for hydroxylation is 2. The Hall–Kier alpha value is -2.93. The summed E-state index contributed by atoms with van der Waals surface area (Å²) in [6, 6.07) is 13.7. The number of benzene rings is 2. The van der Waals surface area contributed by atoms with E-state index in [1.54, 1.807) is 27.1 Å². The molecule has 1 amide bonds. The van der Waals surface area contributed by atoms with Gasteiger partial charge in [-0.3, -0.25) is 13.9 Å². The van der Waals surface area contributed by atoms with Crippen LogP contribution in [0.2, 0.25) is 0 Å². The lowest BCUT2D eigenvalue weighted by Gasteiger charge is -2.36. The first kappa shape index (κ1) is 18.4. The first-order valence-corrected chi connectivity index (χ1v) is 9.46. The lowest BCUT2D eigenvalue weighted by molar-refractivity contribution is -0.134. The van der Waals surface area contributed by atoms with E-state index in [9.17, 15) is 14.0 Å². The van der Waals surface area contributed by atoms with Crippen LogP contribution < -0.4 is 11.0 Å². The number of rotatable bonds is 4. The van der Waals surface area contributed by atoms with E-state index in [4.69, 9.17) is 0 Å². The molecule has 0 saturated carbocycles. The van der Waals surface area contributed by atoms with Gasteiger partial charge in [0.1, 0.15) is 5.82 Å². The molecule has 1 N–H and O–H groups in total. The second-order valence-corrected chi connectivity index (χ2v) is 7.09. The molecule has 0 bridgehead atoms. The van der Waals surface area contributed by atoms with Gasteiger partial charge in [0.15, 0.2) is 0 Å². The fraction of sp³-hybridized carbons (Fsp3) is 0.333. The molecular formula is C21H23FN4O2. The Kier molecular flexibility index (Phi) is 5.00. The van der Waals surface area contributed by atoms with Crippen molar-refractivity contribution in [3.8, 4) is 0 Å². The van der Waals surface area contributed by atoms with Crippen molar-refractivity contribution in [1.29, 1.82) is 0 Å². The van der Waals surface area contributed by atoms with E-state index in [1.165, 1.54) is 12.1 Å². The first-order chi connectivity index (χ1) is 13.6. The largest absolute Gasteiger partial charge is 0.333 e. The fourth-order valence-electron chi connectivity index (χ4n) is 3.94. The lowest BCUT2D eigenvalue weighted by atomic mass is 10.0. The lowest BCUT2D eigenvalue weighted by Crippen LogP contribution is -2.49. The van der Waals surface area contributed by atoms with Crippen molar-refractivity contribution in [2.75, 3.05) is 19.6 Å². The number of fused-ring (bicyclic) bond motifs is 1. The molecular weight excluding hydrogens is 359 g/mol. The molecule has 1 saturated heterocycles. The van der Waals surface area contributed by atoms with Crippen LogP contribution in [0.25, 0.3) is 11.0 Å². The third kappa shape index (κ3) is 3.33. The van der Waals surface area contributed by atoms with Crippen molar-refractivity contribution in [1.82, 2.24) is 19.4 Å². The Bertz CT molecular complexity index is 1070. The molecule has 1 atom stereocenters. The monoisotopic (exact) mass is 382 g/mol. The third-order valence-corrected chi connectivity index (χ3v) is 5.40. The highest BCUT2D eigenvalue weighted by molar-refractivity contribution is 5.78. The summed E-state index contributed by atoms with van der Waals surface area (Å²) in [5, 5.41) is 3.27. The zero-order valence-corrected chi connectivity index (χ0v) is 15.8. The zero-order chi connectivity index (χ0) is 19.7. The number of nitrogens with one attached hydrogen (secondary N) is 1. The molecule has 7 heteroatoms. The van der Waals surface area contributed by atoms with E-state index in [2.05, 4.69) is 5.32 Å². The van der Waals surface area contributed by atoms with Crippen molar-refractivity contribution in [3.05, 3.63) is 70.4 Å². The number of nitrogens with zero attached hydrogens (tertiary/aromatic N) is 3. The Morgan fingerprint density at radius 2 is 1.96 bits per heavy atom. The Morgan fingerprint density at radius 3 is 2.75 bits per heavy atom. The minimum Gasteiger partial charge on any atom is -0.333 e.